The van der Waals surface area contributed by atoms with Crippen molar-refractivity contribution in [1.29, 1.82) is 0 Å². The van der Waals surface area contributed by atoms with E-state index in [0.717, 1.165) is 49.6 Å². The lowest BCUT2D eigenvalue weighted by molar-refractivity contribution is 0.0642. The van der Waals surface area contributed by atoms with Crippen molar-refractivity contribution in [2.24, 2.45) is 11.8 Å². The molecule has 2 fully saturated rings. The molecule has 2 unspecified atom stereocenters. The Morgan fingerprint density at radius 2 is 2.05 bits per heavy atom. The Balaban J connectivity index is 1.76. The summed E-state index contributed by atoms with van der Waals surface area (Å²) in [4.78, 5) is 14.7. The van der Waals surface area contributed by atoms with Crippen molar-refractivity contribution in [2.45, 2.75) is 20.3 Å². The number of carbonyl (C=O) groups is 1. The predicted octanol–water partition coefficient (Wildman–Crippen LogP) is 1.98. The third kappa shape index (κ3) is 2.39. The van der Waals surface area contributed by atoms with Crippen LogP contribution in [0.25, 0.3) is 0 Å². The van der Waals surface area contributed by atoms with Crippen LogP contribution in [0.15, 0.2) is 18.2 Å². The molecular weight excluding hydrogens is 236 g/mol. The lowest BCUT2D eigenvalue weighted by Gasteiger charge is -2.34. The van der Waals surface area contributed by atoms with Gasteiger partial charge in [0, 0.05) is 18.7 Å². The van der Waals surface area contributed by atoms with E-state index in [2.05, 4.69) is 18.3 Å². The van der Waals surface area contributed by atoms with Gasteiger partial charge in [0.1, 0.15) is 0 Å². The van der Waals surface area contributed by atoms with Gasteiger partial charge < -0.3 is 10.2 Å². The average molecular weight is 258 g/mol. The molecule has 1 aromatic carbocycles. The molecule has 0 aromatic heterocycles. The second-order valence-corrected chi connectivity index (χ2v) is 6.04. The molecule has 0 saturated carbocycles. The van der Waals surface area contributed by atoms with Gasteiger partial charge in [0.15, 0.2) is 0 Å². The highest BCUT2D eigenvalue weighted by Crippen LogP contribution is 2.27. The molecule has 0 aliphatic carbocycles. The monoisotopic (exact) mass is 258 g/mol. The van der Waals surface area contributed by atoms with E-state index in [1.54, 1.807) is 0 Å². The fraction of sp³-hybridized carbons (Fsp3) is 0.562. The third-order valence-corrected chi connectivity index (χ3v) is 4.60. The summed E-state index contributed by atoms with van der Waals surface area (Å²) < 4.78 is 0. The maximum atomic E-state index is 12.6. The van der Waals surface area contributed by atoms with E-state index in [-0.39, 0.29) is 5.91 Å². The van der Waals surface area contributed by atoms with Crippen molar-refractivity contribution in [3.8, 4) is 0 Å². The van der Waals surface area contributed by atoms with Crippen LogP contribution in [0.3, 0.4) is 0 Å². The summed E-state index contributed by atoms with van der Waals surface area (Å²) in [7, 11) is 0. The van der Waals surface area contributed by atoms with Gasteiger partial charge in [0.2, 0.25) is 0 Å². The van der Waals surface area contributed by atoms with E-state index in [0.29, 0.717) is 5.92 Å². The molecule has 2 aliphatic heterocycles. The number of piperidine rings is 1. The van der Waals surface area contributed by atoms with Gasteiger partial charge in [0.25, 0.3) is 5.91 Å². The number of hydrogen-bond acceptors (Lipinski definition) is 2. The van der Waals surface area contributed by atoms with Crippen molar-refractivity contribution in [1.82, 2.24) is 10.2 Å². The van der Waals surface area contributed by atoms with Crippen LogP contribution in [0, 0.1) is 25.7 Å². The maximum absolute atomic E-state index is 12.6. The molecule has 2 aliphatic rings. The number of fused-ring (bicyclic) bond motifs is 1. The van der Waals surface area contributed by atoms with Gasteiger partial charge >= 0.3 is 0 Å². The SMILES string of the molecule is Cc1ccc(C(=O)N2CCC3CNCC3C2)c(C)c1. The lowest BCUT2D eigenvalue weighted by atomic mass is 9.88. The van der Waals surface area contributed by atoms with Gasteiger partial charge in [-0.2, -0.15) is 0 Å². The van der Waals surface area contributed by atoms with E-state index in [1.165, 1.54) is 5.56 Å². The van der Waals surface area contributed by atoms with Gasteiger partial charge in [-0.15, -0.1) is 0 Å². The summed E-state index contributed by atoms with van der Waals surface area (Å²) in [5.41, 5.74) is 3.18. The Bertz CT molecular complexity index is 498. The number of rotatable bonds is 1. The topological polar surface area (TPSA) is 32.3 Å². The van der Waals surface area contributed by atoms with E-state index in [1.807, 2.05) is 24.0 Å². The molecule has 3 nitrogen and oxygen atoms in total. The highest BCUT2D eigenvalue weighted by atomic mass is 16.2. The quantitative estimate of drug-likeness (QED) is 0.835. The van der Waals surface area contributed by atoms with Crippen LogP contribution < -0.4 is 5.32 Å². The Morgan fingerprint density at radius 3 is 2.84 bits per heavy atom. The van der Waals surface area contributed by atoms with Crippen LogP contribution in [0.2, 0.25) is 0 Å². The molecule has 0 spiro atoms. The summed E-state index contributed by atoms with van der Waals surface area (Å²) in [6, 6.07) is 6.10. The molecule has 3 heteroatoms. The second kappa shape index (κ2) is 4.97. The van der Waals surface area contributed by atoms with Gasteiger partial charge in [0.05, 0.1) is 0 Å². The first-order valence-corrected chi connectivity index (χ1v) is 7.22. The minimum Gasteiger partial charge on any atom is -0.338 e. The van der Waals surface area contributed by atoms with Crippen molar-refractivity contribution in [2.75, 3.05) is 26.2 Å². The maximum Gasteiger partial charge on any atom is 0.254 e. The summed E-state index contributed by atoms with van der Waals surface area (Å²) in [5, 5.41) is 3.44. The summed E-state index contributed by atoms with van der Waals surface area (Å²) in [6.45, 7) is 8.14. The average Bonchev–Trinajstić information content (AvgIpc) is 2.85. The molecule has 0 radical (unpaired) electrons. The van der Waals surface area contributed by atoms with E-state index in [9.17, 15) is 4.79 Å². The highest BCUT2D eigenvalue weighted by molar-refractivity contribution is 5.95. The van der Waals surface area contributed by atoms with Gasteiger partial charge in [-0.25, -0.2) is 0 Å². The number of benzene rings is 1. The van der Waals surface area contributed by atoms with Crippen LogP contribution in [-0.2, 0) is 0 Å². The number of likely N-dealkylation sites (tertiary alicyclic amines) is 1. The first-order chi connectivity index (χ1) is 9.15. The summed E-state index contributed by atoms with van der Waals surface area (Å²) in [5.74, 6) is 1.65. The summed E-state index contributed by atoms with van der Waals surface area (Å²) >= 11 is 0. The molecule has 1 aromatic rings. The normalized spacial score (nSPS) is 26.3. The Hall–Kier alpha value is -1.35. The first kappa shape index (κ1) is 12.7. The number of carbonyl (C=O) groups excluding carboxylic acids is 1. The minimum atomic E-state index is 0.211. The molecule has 3 rings (SSSR count). The van der Waals surface area contributed by atoms with Crippen molar-refractivity contribution in [3.05, 3.63) is 34.9 Å². The number of aryl methyl sites for hydroxylation is 2. The predicted molar refractivity (Wildman–Crippen MR) is 76.3 cm³/mol. The van der Waals surface area contributed by atoms with Crippen LogP contribution in [-0.4, -0.2) is 37.0 Å². The van der Waals surface area contributed by atoms with E-state index >= 15 is 0 Å². The molecule has 1 amide bonds. The zero-order valence-electron chi connectivity index (χ0n) is 11.8. The molecule has 1 N–H and O–H groups in total. The fourth-order valence-electron chi connectivity index (χ4n) is 3.44. The van der Waals surface area contributed by atoms with Crippen LogP contribution in [0.4, 0.5) is 0 Å². The standard InChI is InChI=1S/C16H22N2O/c1-11-3-4-15(12(2)7-11)16(19)18-6-5-13-8-17-9-14(13)10-18/h3-4,7,13-14,17H,5-6,8-10H2,1-2H3. The molecular formula is C16H22N2O. The molecule has 2 heterocycles. The minimum absolute atomic E-state index is 0.211. The van der Waals surface area contributed by atoms with E-state index in [4.69, 9.17) is 0 Å². The smallest absolute Gasteiger partial charge is 0.254 e. The number of amides is 1. The van der Waals surface area contributed by atoms with Crippen LogP contribution >= 0.6 is 0 Å². The molecule has 2 atom stereocenters. The van der Waals surface area contributed by atoms with E-state index < -0.39 is 0 Å². The summed E-state index contributed by atoms with van der Waals surface area (Å²) in [6.07, 6.45) is 1.15. The molecule has 0 bridgehead atoms. The molecule has 102 valence electrons. The third-order valence-electron chi connectivity index (χ3n) is 4.60. The second-order valence-electron chi connectivity index (χ2n) is 6.04. The first-order valence-electron chi connectivity index (χ1n) is 7.22. The van der Waals surface area contributed by atoms with Crippen molar-refractivity contribution >= 4 is 5.91 Å². The molecule has 2 saturated heterocycles. The van der Waals surface area contributed by atoms with Crippen molar-refractivity contribution in [3.63, 3.8) is 0 Å². The van der Waals surface area contributed by atoms with Gasteiger partial charge in [-0.3, -0.25) is 4.79 Å². The highest BCUT2D eigenvalue weighted by Gasteiger charge is 2.34. The van der Waals surface area contributed by atoms with Gasteiger partial charge in [-0.05, 0) is 56.8 Å². The zero-order chi connectivity index (χ0) is 13.4. The number of hydrogen-bond donors (Lipinski definition) is 1. The number of nitrogens with one attached hydrogen (secondary N) is 1. The van der Waals surface area contributed by atoms with Gasteiger partial charge in [-0.1, -0.05) is 17.7 Å². The van der Waals surface area contributed by atoms with Crippen LogP contribution in [0.1, 0.15) is 27.9 Å². The van der Waals surface area contributed by atoms with Crippen molar-refractivity contribution < 1.29 is 4.79 Å². The van der Waals surface area contributed by atoms with Crippen LogP contribution in [0.5, 0.6) is 0 Å². The number of nitrogens with zero attached hydrogens (tertiary/aromatic N) is 1. The lowest BCUT2D eigenvalue weighted by Crippen LogP contribution is -2.43. The molecule has 19 heavy (non-hydrogen) atoms. The fourth-order valence-corrected chi connectivity index (χ4v) is 3.44. The Labute approximate surface area is 115 Å². The Kier molecular flexibility index (Phi) is 3.31. The largest absolute Gasteiger partial charge is 0.338 e. The zero-order valence-corrected chi connectivity index (χ0v) is 11.8. The Morgan fingerprint density at radius 1 is 1.26 bits per heavy atom.